The summed E-state index contributed by atoms with van der Waals surface area (Å²) in [5.41, 5.74) is 1.66. The van der Waals surface area contributed by atoms with Gasteiger partial charge in [0, 0.05) is 18.1 Å². The van der Waals surface area contributed by atoms with Gasteiger partial charge < -0.3 is 14.4 Å². The molecule has 0 aliphatic heterocycles. The van der Waals surface area contributed by atoms with Crippen LogP contribution in [0.4, 0.5) is 5.69 Å². The third-order valence-electron chi connectivity index (χ3n) is 3.03. The zero-order valence-electron chi connectivity index (χ0n) is 12.8. The summed E-state index contributed by atoms with van der Waals surface area (Å²) in [6, 6.07) is 13.2. The Morgan fingerprint density at radius 1 is 1.05 bits per heavy atom. The van der Waals surface area contributed by atoms with E-state index in [1.807, 2.05) is 42.5 Å². The van der Waals surface area contributed by atoms with Crippen LogP contribution in [0.1, 0.15) is 25.2 Å². The maximum Gasteiger partial charge on any atom is 0.357 e. The lowest BCUT2D eigenvalue weighted by atomic mass is 10.2. The predicted octanol–water partition coefficient (Wildman–Crippen LogP) is 4.46. The maximum atomic E-state index is 13.2. The van der Waals surface area contributed by atoms with Crippen molar-refractivity contribution in [2.24, 2.45) is 0 Å². The molecule has 6 heteroatoms. The van der Waals surface area contributed by atoms with Gasteiger partial charge >= 0.3 is 7.60 Å². The predicted molar refractivity (Wildman–Crippen MR) is 87.9 cm³/mol. The van der Waals surface area contributed by atoms with Crippen LogP contribution in [-0.4, -0.2) is 18.2 Å². The minimum atomic E-state index is -3.36. The van der Waals surface area contributed by atoms with Gasteiger partial charge in [-0.05, 0) is 43.7 Å². The maximum absolute atomic E-state index is 13.2. The lowest BCUT2D eigenvalue weighted by molar-refractivity contribution is 0.214. The molecule has 1 aromatic carbocycles. The number of hydrogen-bond acceptors (Lipinski definition) is 5. The van der Waals surface area contributed by atoms with Gasteiger partial charge in [0.15, 0.2) is 5.78 Å². The highest BCUT2D eigenvalue weighted by Crippen LogP contribution is 2.60. The molecule has 1 aromatic heterocycles. The van der Waals surface area contributed by atoms with Crippen molar-refractivity contribution in [3.8, 4) is 0 Å². The van der Waals surface area contributed by atoms with Crippen LogP contribution in [0.15, 0.2) is 54.9 Å². The smallest absolute Gasteiger partial charge is 0.357 e. The first-order valence-electron chi connectivity index (χ1n) is 7.30. The SMILES string of the molecule is CCOP(=O)(OCC)C(Nc1ccccc1)c1ccncc1. The van der Waals surface area contributed by atoms with Gasteiger partial charge in [-0.3, -0.25) is 9.55 Å². The molecule has 0 saturated heterocycles. The molecule has 0 saturated carbocycles. The zero-order chi connectivity index (χ0) is 15.8. The topological polar surface area (TPSA) is 60.5 Å². The van der Waals surface area contributed by atoms with Gasteiger partial charge in [-0.2, -0.15) is 0 Å². The van der Waals surface area contributed by atoms with E-state index in [4.69, 9.17) is 9.05 Å². The summed E-state index contributed by atoms with van der Waals surface area (Å²) in [5, 5.41) is 3.26. The van der Waals surface area contributed by atoms with Crippen LogP contribution in [0.5, 0.6) is 0 Å². The number of para-hydroxylation sites is 1. The molecule has 1 N–H and O–H groups in total. The minimum Gasteiger partial charge on any atom is -0.368 e. The highest BCUT2D eigenvalue weighted by Gasteiger charge is 2.37. The normalized spacial score (nSPS) is 12.8. The standard InChI is InChI=1S/C16H21N2O3P/c1-3-20-22(19,21-4-2)16(14-10-12-17-13-11-14)18-15-8-6-5-7-9-15/h5-13,16,18H,3-4H2,1-2H3. The fourth-order valence-corrected chi connectivity index (χ4v) is 4.07. The molecule has 1 unspecified atom stereocenters. The van der Waals surface area contributed by atoms with Crippen LogP contribution in [0.2, 0.25) is 0 Å². The average molecular weight is 320 g/mol. The lowest BCUT2D eigenvalue weighted by Crippen LogP contribution is -2.15. The van der Waals surface area contributed by atoms with Crippen LogP contribution in [-0.2, 0) is 13.6 Å². The number of nitrogens with zero attached hydrogens (tertiary/aromatic N) is 1. The molecule has 0 bridgehead atoms. The molecular formula is C16H21N2O3P. The highest BCUT2D eigenvalue weighted by atomic mass is 31.2. The van der Waals surface area contributed by atoms with Crippen LogP contribution >= 0.6 is 7.60 Å². The number of pyridine rings is 1. The van der Waals surface area contributed by atoms with Crippen molar-refractivity contribution in [2.45, 2.75) is 19.6 Å². The molecule has 0 aliphatic carbocycles. The van der Waals surface area contributed by atoms with Gasteiger partial charge in [-0.25, -0.2) is 0 Å². The fourth-order valence-electron chi connectivity index (χ4n) is 2.13. The highest BCUT2D eigenvalue weighted by molar-refractivity contribution is 7.54. The Labute approximate surface area is 131 Å². The van der Waals surface area contributed by atoms with E-state index in [-0.39, 0.29) is 0 Å². The Bertz CT molecular complexity index is 597. The number of rotatable bonds is 8. The van der Waals surface area contributed by atoms with Gasteiger partial charge in [0.2, 0.25) is 0 Å². The van der Waals surface area contributed by atoms with Crippen LogP contribution < -0.4 is 5.32 Å². The molecule has 0 radical (unpaired) electrons. The summed E-state index contributed by atoms with van der Waals surface area (Å²) < 4.78 is 24.2. The lowest BCUT2D eigenvalue weighted by Gasteiger charge is -2.28. The minimum absolute atomic E-state index is 0.315. The Balaban J connectivity index is 2.38. The van der Waals surface area contributed by atoms with E-state index in [2.05, 4.69) is 10.3 Å². The molecule has 22 heavy (non-hydrogen) atoms. The molecule has 0 aliphatic rings. The summed E-state index contributed by atoms with van der Waals surface area (Å²) in [4.78, 5) is 4.01. The largest absolute Gasteiger partial charge is 0.368 e. The van der Waals surface area contributed by atoms with E-state index in [0.717, 1.165) is 11.3 Å². The summed E-state index contributed by atoms with van der Waals surface area (Å²) in [6.45, 7) is 4.24. The van der Waals surface area contributed by atoms with Crippen molar-refractivity contribution in [1.29, 1.82) is 0 Å². The molecule has 0 fully saturated rings. The van der Waals surface area contributed by atoms with Crippen molar-refractivity contribution in [1.82, 2.24) is 4.98 Å². The molecular weight excluding hydrogens is 299 g/mol. The molecule has 1 atom stereocenters. The second-order valence-corrected chi connectivity index (χ2v) is 6.68. The monoisotopic (exact) mass is 320 g/mol. The zero-order valence-corrected chi connectivity index (χ0v) is 13.7. The molecule has 2 rings (SSSR count). The van der Waals surface area contributed by atoms with E-state index in [1.165, 1.54) is 0 Å². The van der Waals surface area contributed by atoms with Gasteiger partial charge in [0.05, 0.1) is 13.2 Å². The molecule has 0 spiro atoms. The Morgan fingerprint density at radius 2 is 1.64 bits per heavy atom. The summed E-state index contributed by atoms with van der Waals surface area (Å²) in [7, 11) is -3.36. The fraction of sp³-hybridized carbons (Fsp3) is 0.312. The van der Waals surface area contributed by atoms with E-state index < -0.39 is 13.4 Å². The Morgan fingerprint density at radius 3 is 2.18 bits per heavy atom. The van der Waals surface area contributed by atoms with Gasteiger partial charge in [0.25, 0.3) is 0 Å². The van der Waals surface area contributed by atoms with Crippen molar-refractivity contribution in [3.05, 3.63) is 60.4 Å². The third kappa shape index (κ3) is 4.17. The average Bonchev–Trinajstić information content (AvgIpc) is 2.55. The second kappa shape index (κ2) is 8.08. The molecule has 2 aromatic rings. The first-order valence-corrected chi connectivity index (χ1v) is 8.91. The van der Waals surface area contributed by atoms with E-state index in [0.29, 0.717) is 13.2 Å². The van der Waals surface area contributed by atoms with Crippen LogP contribution in [0, 0.1) is 0 Å². The van der Waals surface area contributed by atoms with Crippen LogP contribution in [0.25, 0.3) is 0 Å². The number of benzene rings is 1. The third-order valence-corrected chi connectivity index (χ3v) is 5.33. The van der Waals surface area contributed by atoms with Crippen LogP contribution in [0.3, 0.4) is 0 Å². The first kappa shape index (κ1) is 16.7. The quantitative estimate of drug-likeness (QED) is 0.728. The number of aromatic nitrogens is 1. The summed E-state index contributed by atoms with van der Waals surface area (Å²) >= 11 is 0. The number of hydrogen-bond donors (Lipinski definition) is 1. The second-order valence-electron chi connectivity index (χ2n) is 4.57. The molecule has 0 amide bonds. The molecule has 5 nitrogen and oxygen atoms in total. The number of nitrogens with one attached hydrogen (secondary N) is 1. The molecule has 1 heterocycles. The van der Waals surface area contributed by atoms with Gasteiger partial charge in [-0.15, -0.1) is 0 Å². The first-order chi connectivity index (χ1) is 10.7. The van der Waals surface area contributed by atoms with Crippen molar-refractivity contribution < 1.29 is 13.6 Å². The van der Waals surface area contributed by atoms with Gasteiger partial charge in [0.1, 0.15) is 0 Å². The van der Waals surface area contributed by atoms with E-state index in [1.54, 1.807) is 26.2 Å². The van der Waals surface area contributed by atoms with E-state index in [9.17, 15) is 4.57 Å². The summed E-state index contributed by atoms with van der Waals surface area (Å²) in [5.74, 6) is -0.585. The number of anilines is 1. The van der Waals surface area contributed by atoms with E-state index >= 15 is 0 Å². The Kier molecular flexibility index (Phi) is 6.13. The summed E-state index contributed by atoms with van der Waals surface area (Å²) in [6.07, 6.45) is 3.33. The molecule has 118 valence electrons. The Hall–Kier alpha value is -1.68. The van der Waals surface area contributed by atoms with Crippen molar-refractivity contribution in [3.63, 3.8) is 0 Å². The van der Waals surface area contributed by atoms with Crippen molar-refractivity contribution in [2.75, 3.05) is 18.5 Å². The van der Waals surface area contributed by atoms with Gasteiger partial charge in [-0.1, -0.05) is 18.2 Å². The van der Waals surface area contributed by atoms with Crippen molar-refractivity contribution >= 4 is 13.3 Å².